The summed E-state index contributed by atoms with van der Waals surface area (Å²) in [7, 11) is 1.73. The first-order chi connectivity index (χ1) is 8.59. The van der Waals surface area contributed by atoms with Crippen molar-refractivity contribution < 1.29 is 14.3 Å². The SMILES string of the molecule is CC(=O)NCCC1Oc2ccccc2N(C)C1=O. The molecule has 5 heteroatoms. The number of benzene rings is 1. The van der Waals surface area contributed by atoms with Crippen molar-refractivity contribution in [3.63, 3.8) is 0 Å². The maximum absolute atomic E-state index is 12.1. The number of nitrogens with zero attached hydrogens (tertiary/aromatic N) is 1. The number of hydrogen-bond donors (Lipinski definition) is 1. The van der Waals surface area contributed by atoms with Gasteiger partial charge in [-0.15, -0.1) is 0 Å². The van der Waals surface area contributed by atoms with Gasteiger partial charge in [0.1, 0.15) is 5.75 Å². The van der Waals surface area contributed by atoms with Crippen molar-refractivity contribution in [3.05, 3.63) is 24.3 Å². The van der Waals surface area contributed by atoms with Gasteiger partial charge in [-0.2, -0.15) is 0 Å². The first kappa shape index (κ1) is 12.4. The van der Waals surface area contributed by atoms with Crippen LogP contribution in [0.4, 0.5) is 5.69 Å². The van der Waals surface area contributed by atoms with Gasteiger partial charge >= 0.3 is 0 Å². The first-order valence-corrected chi connectivity index (χ1v) is 5.87. The highest BCUT2D eigenvalue weighted by Gasteiger charge is 2.31. The molecule has 0 saturated carbocycles. The number of carbonyl (C=O) groups is 2. The van der Waals surface area contributed by atoms with Gasteiger partial charge in [-0.05, 0) is 12.1 Å². The lowest BCUT2D eigenvalue weighted by Crippen LogP contribution is -2.45. The van der Waals surface area contributed by atoms with E-state index >= 15 is 0 Å². The van der Waals surface area contributed by atoms with Crippen LogP contribution in [0.25, 0.3) is 0 Å². The number of amides is 2. The molecule has 18 heavy (non-hydrogen) atoms. The van der Waals surface area contributed by atoms with E-state index in [0.29, 0.717) is 18.7 Å². The lowest BCUT2D eigenvalue weighted by atomic mass is 10.1. The number of para-hydroxylation sites is 2. The highest BCUT2D eigenvalue weighted by molar-refractivity contribution is 5.99. The molecule has 1 aromatic rings. The number of likely N-dealkylation sites (N-methyl/N-ethyl adjacent to an activating group) is 1. The smallest absolute Gasteiger partial charge is 0.267 e. The Bertz CT molecular complexity index is 473. The minimum atomic E-state index is -0.531. The van der Waals surface area contributed by atoms with Crippen LogP contribution in [-0.4, -0.2) is 31.5 Å². The van der Waals surface area contributed by atoms with Crippen LogP contribution < -0.4 is 15.0 Å². The number of ether oxygens (including phenoxy) is 1. The van der Waals surface area contributed by atoms with Crippen LogP contribution in [0.2, 0.25) is 0 Å². The van der Waals surface area contributed by atoms with Crippen molar-refractivity contribution in [3.8, 4) is 5.75 Å². The molecular weight excluding hydrogens is 232 g/mol. The van der Waals surface area contributed by atoms with E-state index < -0.39 is 6.10 Å². The van der Waals surface area contributed by atoms with Crippen LogP contribution >= 0.6 is 0 Å². The van der Waals surface area contributed by atoms with Gasteiger partial charge in [0.25, 0.3) is 5.91 Å². The van der Waals surface area contributed by atoms with E-state index in [1.165, 1.54) is 6.92 Å². The molecule has 1 aliphatic heterocycles. The van der Waals surface area contributed by atoms with Crippen molar-refractivity contribution in [1.82, 2.24) is 5.32 Å². The van der Waals surface area contributed by atoms with Gasteiger partial charge < -0.3 is 15.0 Å². The van der Waals surface area contributed by atoms with Crippen molar-refractivity contribution in [2.24, 2.45) is 0 Å². The first-order valence-electron chi connectivity index (χ1n) is 5.87. The molecule has 0 saturated heterocycles. The number of anilines is 1. The van der Waals surface area contributed by atoms with Crippen LogP contribution in [0.3, 0.4) is 0 Å². The van der Waals surface area contributed by atoms with E-state index in [1.54, 1.807) is 11.9 Å². The van der Waals surface area contributed by atoms with Crippen LogP contribution in [0, 0.1) is 0 Å². The average Bonchev–Trinajstić information content (AvgIpc) is 2.35. The molecule has 1 N–H and O–H groups in total. The van der Waals surface area contributed by atoms with Crippen LogP contribution in [0.5, 0.6) is 5.75 Å². The van der Waals surface area contributed by atoms with Crippen LogP contribution in [0.1, 0.15) is 13.3 Å². The Morgan fingerprint density at radius 3 is 2.89 bits per heavy atom. The molecule has 2 amide bonds. The minimum Gasteiger partial charge on any atom is -0.478 e. The zero-order valence-electron chi connectivity index (χ0n) is 10.5. The highest BCUT2D eigenvalue weighted by Crippen LogP contribution is 2.33. The molecule has 1 aliphatic rings. The van der Waals surface area contributed by atoms with Gasteiger partial charge in [0.05, 0.1) is 5.69 Å². The fourth-order valence-corrected chi connectivity index (χ4v) is 1.93. The fourth-order valence-electron chi connectivity index (χ4n) is 1.93. The van der Waals surface area contributed by atoms with Gasteiger partial charge in [-0.25, -0.2) is 0 Å². The minimum absolute atomic E-state index is 0.0842. The van der Waals surface area contributed by atoms with Gasteiger partial charge in [0.15, 0.2) is 6.10 Å². The summed E-state index contributed by atoms with van der Waals surface area (Å²) in [5, 5.41) is 2.66. The van der Waals surface area contributed by atoms with E-state index in [9.17, 15) is 9.59 Å². The highest BCUT2D eigenvalue weighted by atomic mass is 16.5. The van der Waals surface area contributed by atoms with E-state index in [-0.39, 0.29) is 11.8 Å². The number of hydrogen-bond acceptors (Lipinski definition) is 3. The molecule has 0 radical (unpaired) electrons. The van der Waals surface area contributed by atoms with Crippen molar-refractivity contribution in [2.75, 3.05) is 18.5 Å². The van der Waals surface area contributed by atoms with E-state index in [4.69, 9.17) is 4.74 Å². The fraction of sp³-hybridized carbons (Fsp3) is 0.385. The Morgan fingerprint density at radius 1 is 1.44 bits per heavy atom. The summed E-state index contributed by atoms with van der Waals surface area (Å²) in [5.74, 6) is 0.512. The topological polar surface area (TPSA) is 58.6 Å². The van der Waals surface area contributed by atoms with E-state index in [1.807, 2.05) is 24.3 Å². The molecule has 0 bridgehead atoms. The summed E-state index contributed by atoms with van der Waals surface area (Å²) in [5.41, 5.74) is 0.776. The Balaban J connectivity index is 2.07. The van der Waals surface area contributed by atoms with Gasteiger partial charge in [-0.3, -0.25) is 9.59 Å². The molecule has 1 atom stereocenters. The second-order valence-corrected chi connectivity index (χ2v) is 4.24. The van der Waals surface area contributed by atoms with Crippen molar-refractivity contribution in [1.29, 1.82) is 0 Å². The zero-order chi connectivity index (χ0) is 13.1. The maximum Gasteiger partial charge on any atom is 0.267 e. The molecular formula is C13H16N2O3. The summed E-state index contributed by atoms with van der Waals surface area (Å²) < 4.78 is 5.65. The number of rotatable bonds is 3. The van der Waals surface area contributed by atoms with Crippen LogP contribution in [0.15, 0.2) is 24.3 Å². The van der Waals surface area contributed by atoms with Gasteiger partial charge in [-0.1, -0.05) is 12.1 Å². The Labute approximate surface area is 106 Å². The maximum atomic E-state index is 12.1. The molecule has 0 spiro atoms. The summed E-state index contributed by atoms with van der Waals surface area (Å²) in [6.45, 7) is 1.88. The van der Waals surface area contributed by atoms with Crippen molar-refractivity contribution >= 4 is 17.5 Å². The normalized spacial score (nSPS) is 18.0. The summed E-state index contributed by atoms with van der Waals surface area (Å²) >= 11 is 0. The van der Waals surface area contributed by atoms with E-state index in [0.717, 1.165) is 5.69 Å². The summed E-state index contributed by atoms with van der Waals surface area (Å²) in [4.78, 5) is 24.4. The van der Waals surface area contributed by atoms with Gasteiger partial charge in [0, 0.05) is 26.9 Å². The second-order valence-electron chi connectivity index (χ2n) is 4.24. The standard InChI is InChI=1S/C13H16N2O3/c1-9(16)14-8-7-12-13(17)15(2)10-5-3-4-6-11(10)18-12/h3-6,12H,7-8H2,1-2H3,(H,14,16). The molecule has 1 unspecified atom stereocenters. The zero-order valence-corrected chi connectivity index (χ0v) is 10.5. The Kier molecular flexibility index (Phi) is 3.50. The summed E-state index contributed by atoms with van der Waals surface area (Å²) in [6, 6.07) is 7.41. The number of fused-ring (bicyclic) bond motifs is 1. The molecule has 0 fully saturated rings. The molecule has 96 valence electrons. The molecule has 1 aromatic carbocycles. The average molecular weight is 248 g/mol. The Hall–Kier alpha value is -2.04. The quantitative estimate of drug-likeness (QED) is 0.866. The third-order valence-electron chi connectivity index (χ3n) is 2.88. The molecule has 1 heterocycles. The second kappa shape index (κ2) is 5.08. The molecule has 2 rings (SSSR count). The van der Waals surface area contributed by atoms with Gasteiger partial charge in [0.2, 0.25) is 5.91 Å². The van der Waals surface area contributed by atoms with Crippen molar-refractivity contribution in [2.45, 2.75) is 19.4 Å². The monoisotopic (exact) mass is 248 g/mol. The van der Waals surface area contributed by atoms with Crippen LogP contribution in [-0.2, 0) is 9.59 Å². The Morgan fingerprint density at radius 2 is 2.17 bits per heavy atom. The predicted octanol–water partition coefficient (Wildman–Crippen LogP) is 0.937. The third-order valence-corrected chi connectivity index (χ3v) is 2.88. The lowest BCUT2D eigenvalue weighted by Gasteiger charge is -2.31. The number of carbonyl (C=O) groups excluding carboxylic acids is 2. The summed E-state index contributed by atoms with van der Waals surface area (Å²) in [6.07, 6.45) is -0.0615. The molecule has 0 aromatic heterocycles. The molecule has 5 nitrogen and oxygen atoms in total. The number of nitrogens with one attached hydrogen (secondary N) is 1. The lowest BCUT2D eigenvalue weighted by molar-refractivity contribution is -0.126. The van der Waals surface area contributed by atoms with E-state index in [2.05, 4.69) is 5.32 Å². The largest absolute Gasteiger partial charge is 0.478 e. The third kappa shape index (κ3) is 2.45. The molecule has 0 aliphatic carbocycles. The predicted molar refractivity (Wildman–Crippen MR) is 67.6 cm³/mol.